The number of Topliss-reactive ketones (excluding diaryl/α,β-unsaturated/α-hetero) is 1. The SMILES string of the molecule is COc1cccc2c1C(=O)c1c(O)c3c(c(O)c1C2=O)C[C@@](O)(C(=O)CO)C[C@@H]3O[C@H]1C[C@H](NC(=O)OCc2ccc(NC(=O)[C@H](CC(N)=O)NC(=O)[C@H](C)NC(=O)[C@H](C)NC(=O)OCC3c4ccccc4-c4ccccc43)cc2)[C@H](O)[C@H](C)O1. The highest BCUT2D eigenvalue weighted by Crippen LogP contribution is 2.53. The van der Waals surface area contributed by atoms with Crippen LogP contribution in [0.2, 0.25) is 0 Å². The standard InChI is InChI=1S/C60H62N6O19/c1-27(62-55(75)28(2)63-58(78)83-26-38-34-12-7-5-10-32(34)33-11-6-8-13-35(33)38)56(76)65-40(20-44(61)69)57(77)64-31-18-16-30(17-19-31)25-82-59(79)66-39-21-45(84-29(3)50(39)70)85-42-23-60(80,43(68)24-67)22-37-47(42)54(74)49-48(52(37)72)51(71)36-14-9-15-41(81-4)46(36)53(49)73/h5-19,27-29,38-40,42,45,50,67,70,72,74,80H,20-26H2,1-4H3,(H2,61,69)(H,62,75)(H,63,78)(H,64,77)(H,65,76)(H,66,79)/t27-,28-,29-,39-,40-,42-,45-,50+,60-/m0/s1. The van der Waals surface area contributed by atoms with Gasteiger partial charge in [-0.3, -0.25) is 33.6 Å². The van der Waals surface area contributed by atoms with Gasteiger partial charge in [0.15, 0.2) is 17.9 Å². The maximum atomic E-state index is 14.1. The molecule has 0 bridgehead atoms. The Bertz CT molecular complexity index is 3470. The number of hydrogen-bond donors (Lipinski definition) is 11. The number of fused-ring (bicyclic) bond motifs is 6. The number of aliphatic hydroxyl groups excluding tert-OH is 2. The second-order valence-corrected chi connectivity index (χ2v) is 21.2. The monoisotopic (exact) mass is 1170 g/mol. The first-order valence-corrected chi connectivity index (χ1v) is 27.1. The van der Waals surface area contributed by atoms with E-state index in [1.807, 2.05) is 48.5 Å². The number of nitrogens with two attached hydrogens (primary N) is 1. The number of aliphatic hydroxyl groups is 3. The van der Waals surface area contributed by atoms with E-state index in [1.165, 1.54) is 70.3 Å². The molecule has 0 unspecified atom stereocenters. The van der Waals surface area contributed by atoms with Gasteiger partial charge in [-0.25, -0.2) is 9.59 Å². The Balaban J connectivity index is 0.772. The Morgan fingerprint density at radius 3 is 2.02 bits per heavy atom. The Kier molecular flexibility index (Phi) is 17.7. The van der Waals surface area contributed by atoms with Gasteiger partial charge in [-0.1, -0.05) is 72.8 Å². The van der Waals surface area contributed by atoms with Gasteiger partial charge in [-0.15, -0.1) is 0 Å². The fourth-order valence-corrected chi connectivity index (χ4v) is 11.1. The largest absolute Gasteiger partial charge is 0.507 e. The molecule has 0 saturated carbocycles. The molecule has 5 aromatic rings. The van der Waals surface area contributed by atoms with Crippen LogP contribution < -0.4 is 37.1 Å². The lowest BCUT2D eigenvalue weighted by atomic mass is 9.72. The van der Waals surface area contributed by atoms with Crippen LogP contribution >= 0.6 is 0 Å². The number of benzene rings is 5. The van der Waals surface area contributed by atoms with E-state index in [1.54, 1.807) is 0 Å². The molecule has 446 valence electrons. The quantitative estimate of drug-likeness (QED) is 0.0519. The van der Waals surface area contributed by atoms with Gasteiger partial charge in [0, 0.05) is 47.6 Å². The van der Waals surface area contributed by atoms with E-state index in [4.69, 9.17) is 29.4 Å². The lowest BCUT2D eigenvalue weighted by molar-refractivity contribution is -0.249. The van der Waals surface area contributed by atoms with Crippen LogP contribution in [0.4, 0.5) is 15.3 Å². The van der Waals surface area contributed by atoms with Gasteiger partial charge in [-0.05, 0) is 66.8 Å². The van der Waals surface area contributed by atoms with Gasteiger partial charge in [0.2, 0.25) is 29.4 Å². The second-order valence-electron chi connectivity index (χ2n) is 21.2. The summed E-state index contributed by atoms with van der Waals surface area (Å²) >= 11 is 0. The molecule has 25 heteroatoms. The summed E-state index contributed by atoms with van der Waals surface area (Å²) in [5.41, 5.74) is 5.63. The van der Waals surface area contributed by atoms with Crippen LogP contribution in [-0.4, -0.2) is 147 Å². The van der Waals surface area contributed by atoms with E-state index in [9.17, 15) is 68.7 Å². The maximum absolute atomic E-state index is 14.1. The van der Waals surface area contributed by atoms with Crippen molar-refractivity contribution >= 4 is 58.9 Å². The Morgan fingerprint density at radius 1 is 0.753 bits per heavy atom. The van der Waals surface area contributed by atoms with Crippen molar-refractivity contribution in [2.24, 2.45) is 5.73 Å². The first-order chi connectivity index (χ1) is 40.5. The second kappa shape index (κ2) is 24.9. The molecule has 25 nitrogen and oxygen atoms in total. The average molecular weight is 1170 g/mol. The normalized spacial score (nSPS) is 21.2. The van der Waals surface area contributed by atoms with Crippen LogP contribution in [-0.2, 0) is 55.9 Å². The summed E-state index contributed by atoms with van der Waals surface area (Å²) in [6, 6.07) is 20.6. The molecule has 0 aromatic heterocycles. The first kappa shape index (κ1) is 60.3. The number of phenolic OH excluding ortho intramolecular Hbond substituents is 2. The summed E-state index contributed by atoms with van der Waals surface area (Å²) in [4.78, 5) is 119. The van der Waals surface area contributed by atoms with Crippen molar-refractivity contribution in [3.05, 3.63) is 141 Å². The van der Waals surface area contributed by atoms with Gasteiger partial charge in [0.25, 0.3) is 0 Å². The van der Waals surface area contributed by atoms with E-state index in [0.717, 1.165) is 22.3 Å². The molecule has 1 heterocycles. The molecule has 3 aliphatic carbocycles. The molecule has 9 rings (SSSR count). The zero-order chi connectivity index (χ0) is 61.2. The zero-order valence-corrected chi connectivity index (χ0v) is 46.3. The number of hydrogen-bond acceptors (Lipinski definition) is 19. The van der Waals surface area contributed by atoms with E-state index in [-0.39, 0.29) is 59.2 Å². The number of nitrogens with one attached hydrogen (secondary N) is 5. The smallest absolute Gasteiger partial charge is 0.407 e. The molecule has 6 amide bonds. The molecule has 4 aliphatic rings. The van der Waals surface area contributed by atoms with Gasteiger partial charge >= 0.3 is 12.2 Å². The molecule has 0 radical (unpaired) electrons. The molecule has 0 spiro atoms. The summed E-state index contributed by atoms with van der Waals surface area (Å²) in [7, 11) is 1.28. The minimum absolute atomic E-state index is 0.00639. The van der Waals surface area contributed by atoms with Crippen LogP contribution in [0.25, 0.3) is 11.1 Å². The lowest BCUT2D eigenvalue weighted by Crippen LogP contribution is -2.56. The number of ketones is 3. The van der Waals surface area contributed by atoms with Crippen LogP contribution in [0, 0.1) is 0 Å². The van der Waals surface area contributed by atoms with Gasteiger partial charge in [0.1, 0.15) is 66.9 Å². The number of anilines is 1. The van der Waals surface area contributed by atoms with E-state index < -0.39 is 156 Å². The number of alkyl carbamates (subject to hydrolysis) is 2. The van der Waals surface area contributed by atoms with E-state index in [2.05, 4.69) is 26.6 Å². The van der Waals surface area contributed by atoms with Crippen molar-refractivity contribution < 1.29 is 92.4 Å². The molecule has 12 N–H and O–H groups in total. The molecule has 9 atom stereocenters. The fraction of sp³-hybridized carbons (Fsp3) is 0.350. The number of amides is 6. The number of phenols is 2. The number of rotatable bonds is 19. The minimum Gasteiger partial charge on any atom is -0.507 e. The van der Waals surface area contributed by atoms with Gasteiger partial charge < -0.3 is 81.5 Å². The van der Waals surface area contributed by atoms with E-state index >= 15 is 0 Å². The molecule has 1 fully saturated rings. The van der Waals surface area contributed by atoms with Crippen LogP contribution in [0.5, 0.6) is 17.2 Å². The molecule has 1 saturated heterocycles. The third-order valence-corrected chi connectivity index (χ3v) is 15.5. The summed E-state index contributed by atoms with van der Waals surface area (Å²) in [6.45, 7) is 2.71. The summed E-state index contributed by atoms with van der Waals surface area (Å²) in [5, 5.41) is 68.7. The molecule has 85 heavy (non-hydrogen) atoms. The van der Waals surface area contributed by atoms with Crippen molar-refractivity contribution in [2.75, 3.05) is 25.6 Å². The van der Waals surface area contributed by atoms with Crippen molar-refractivity contribution in [1.29, 1.82) is 0 Å². The molecule has 5 aromatic carbocycles. The fourth-order valence-electron chi connectivity index (χ4n) is 11.1. The highest BCUT2D eigenvalue weighted by molar-refractivity contribution is 6.31. The molecular formula is C60H62N6O19. The summed E-state index contributed by atoms with van der Waals surface area (Å²) in [6.07, 6.45) is -9.51. The highest BCUT2D eigenvalue weighted by Gasteiger charge is 2.50. The van der Waals surface area contributed by atoms with Gasteiger partial charge in [0.05, 0.1) is 48.5 Å². The Morgan fingerprint density at radius 2 is 1.38 bits per heavy atom. The van der Waals surface area contributed by atoms with Crippen molar-refractivity contribution in [2.45, 2.75) is 113 Å². The predicted molar refractivity (Wildman–Crippen MR) is 297 cm³/mol. The van der Waals surface area contributed by atoms with Crippen molar-refractivity contribution in [3.8, 4) is 28.4 Å². The molecule has 1 aliphatic heterocycles. The summed E-state index contributed by atoms with van der Waals surface area (Å²) < 4.78 is 28.5. The Labute approximate surface area is 485 Å². The van der Waals surface area contributed by atoms with Crippen LogP contribution in [0.1, 0.15) is 112 Å². The first-order valence-electron chi connectivity index (χ1n) is 27.1. The Hall–Kier alpha value is -9.27. The van der Waals surface area contributed by atoms with Crippen molar-refractivity contribution in [3.63, 3.8) is 0 Å². The number of aromatic hydroxyl groups is 2. The zero-order valence-electron chi connectivity index (χ0n) is 46.3. The number of carbonyl (C=O) groups excluding carboxylic acids is 9. The predicted octanol–water partition coefficient (Wildman–Crippen LogP) is 2.70. The average Bonchev–Trinajstić information content (AvgIpc) is 1.99. The maximum Gasteiger partial charge on any atom is 0.407 e. The third-order valence-electron chi connectivity index (χ3n) is 15.5. The van der Waals surface area contributed by atoms with Crippen molar-refractivity contribution in [1.82, 2.24) is 21.3 Å². The molecular weight excluding hydrogens is 1110 g/mol. The lowest BCUT2D eigenvalue weighted by Gasteiger charge is -2.42. The van der Waals surface area contributed by atoms with Crippen LogP contribution in [0.15, 0.2) is 91.0 Å². The number of primary amides is 1. The number of carbonyl (C=O) groups is 9. The van der Waals surface area contributed by atoms with E-state index in [0.29, 0.717) is 5.56 Å². The topological polar surface area (TPSA) is 387 Å². The van der Waals surface area contributed by atoms with Gasteiger partial charge in [-0.2, -0.15) is 0 Å². The highest BCUT2D eigenvalue weighted by atomic mass is 16.7. The third kappa shape index (κ3) is 12.4. The summed E-state index contributed by atoms with van der Waals surface area (Å²) in [5.74, 6) is -8.00. The van der Waals surface area contributed by atoms with Crippen LogP contribution in [0.3, 0.4) is 0 Å². The number of ether oxygens (including phenoxy) is 5. The number of methoxy groups -OCH3 is 1. The minimum atomic E-state index is -2.43.